The van der Waals surface area contributed by atoms with E-state index in [1.54, 1.807) is 22.7 Å². The van der Waals surface area contributed by atoms with Crippen molar-refractivity contribution in [3.8, 4) is 0 Å². The molecule has 2 aromatic rings. The van der Waals surface area contributed by atoms with Crippen molar-refractivity contribution in [1.29, 1.82) is 0 Å². The molecule has 0 aromatic carbocycles. The predicted molar refractivity (Wildman–Crippen MR) is 81.0 cm³/mol. The first kappa shape index (κ1) is 13.1. The Morgan fingerprint density at radius 3 is 2.84 bits per heavy atom. The van der Waals surface area contributed by atoms with Gasteiger partial charge in [-0.2, -0.15) is 0 Å². The number of hydrogen-bond donors (Lipinski definition) is 1. The first-order valence-corrected chi connectivity index (χ1v) is 8.29. The minimum absolute atomic E-state index is 0.422. The van der Waals surface area contributed by atoms with Crippen LogP contribution in [0.3, 0.4) is 0 Å². The lowest BCUT2D eigenvalue weighted by Crippen LogP contribution is -2.24. The molecule has 1 atom stereocenters. The van der Waals surface area contributed by atoms with Crippen LogP contribution in [0.25, 0.3) is 0 Å². The Labute approximate surface area is 121 Å². The molecule has 5 heteroatoms. The van der Waals surface area contributed by atoms with Gasteiger partial charge in [0.15, 0.2) is 5.13 Å². The van der Waals surface area contributed by atoms with E-state index in [0.717, 1.165) is 22.2 Å². The molecule has 1 unspecified atom stereocenters. The van der Waals surface area contributed by atoms with E-state index < -0.39 is 6.10 Å². The molecule has 102 valence electrons. The van der Waals surface area contributed by atoms with Crippen molar-refractivity contribution in [3.05, 3.63) is 33.0 Å². The minimum atomic E-state index is -0.422. The van der Waals surface area contributed by atoms with Crippen LogP contribution in [0.15, 0.2) is 17.5 Å². The van der Waals surface area contributed by atoms with Crippen LogP contribution in [0.2, 0.25) is 0 Å². The fourth-order valence-electron chi connectivity index (χ4n) is 2.21. The molecule has 2 heterocycles. The summed E-state index contributed by atoms with van der Waals surface area (Å²) in [5.74, 6) is 0. The van der Waals surface area contributed by atoms with Gasteiger partial charge in [0.05, 0.1) is 23.2 Å². The first-order valence-electron chi connectivity index (χ1n) is 6.59. The van der Waals surface area contributed by atoms with Crippen molar-refractivity contribution in [2.45, 2.75) is 45.4 Å². The summed E-state index contributed by atoms with van der Waals surface area (Å²) in [6, 6.07) is 4.91. The fraction of sp³-hybridized carbons (Fsp3) is 0.500. The summed E-state index contributed by atoms with van der Waals surface area (Å²) in [4.78, 5) is 9.43. The molecule has 1 aliphatic carbocycles. The summed E-state index contributed by atoms with van der Waals surface area (Å²) in [7, 11) is 0. The zero-order valence-electron chi connectivity index (χ0n) is 11.2. The monoisotopic (exact) mass is 294 g/mol. The van der Waals surface area contributed by atoms with Gasteiger partial charge in [0.25, 0.3) is 0 Å². The Hall–Kier alpha value is -0.910. The van der Waals surface area contributed by atoms with E-state index in [4.69, 9.17) is 0 Å². The average molecular weight is 294 g/mol. The number of nitrogens with zero attached hydrogens (tertiary/aromatic N) is 2. The van der Waals surface area contributed by atoms with Gasteiger partial charge in [0, 0.05) is 10.9 Å². The molecule has 3 rings (SSSR count). The number of aliphatic hydroxyl groups excluding tert-OH is 1. The van der Waals surface area contributed by atoms with E-state index in [1.807, 2.05) is 13.8 Å². The fourth-order valence-corrected chi connectivity index (χ4v) is 3.99. The Morgan fingerprint density at radius 1 is 1.53 bits per heavy atom. The van der Waals surface area contributed by atoms with Crippen LogP contribution in [0.5, 0.6) is 0 Å². The standard InChI is InChI=1S/C14H18N2OS2/c1-9-13(10(2)17)19-14(15-9)16(11-5-6-11)8-12-4-3-7-18-12/h3-4,7,10-11,17H,5-6,8H2,1-2H3. The summed E-state index contributed by atoms with van der Waals surface area (Å²) in [6.45, 7) is 4.73. The number of anilines is 1. The van der Waals surface area contributed by atoms with Crippen LogP contribution in [0.4, 0.5) is 5.13 Å². The summed E-state index contributed by atoms with van der Waals surface area (Å²) in [5.41, 5.74) is 0.965. The molecule has 0 spiro atoms. The van der Waals surface area contributed by atoms with Crippen molar-refractivity contribution in [2.24, 2.45) is 0 Å². The van der Waals surface area contributed by atoms with Crippen LogP contribution in [0.1, 0.15) is 41.3 Å². The molecule has 19 heavy (non-hydrogen) atoms. The molecule has 3 nitrogen and oxygen atoms in total. The van der Waals surface area contributed by atoms with Gasteiger partial charge in [-0.3, -0.25) is 0 Å². The Bertz CT molecular complexity index is 544. The average Bonchev–Trinajstić information content (AvgIpc) is 2.93. The van der Waals surface area contributed by atoms with E-state index >= 15 is 0 Å². The van der Waals surface area contributed by atoms with Crippen LogP contribution in [0, 0.1) is 6.92 Å². The summed E-state index contributed by atoms with van der Waals surface area (Å²) in [5, 5.41) is 12.9. The second-order valence-corrected chi connectivity index (χ2v) is 7.10. The Kier molecular flexibility index (Phi) is 3.60. The number of thiophene rings is 1. The van der Waals surface area contributed by atoms with Gasteiger partial charge in [-0.15, -0.1) is 11.3 Å². The molecule has 0 bridgehead atoms. The van der Waals surface area contributed by atoms with Crippen LogP contribution in [-0.2, 0) is 6.54 Å². The molecule has 0 radical (unpaired) electrons. The Balaban J connectivity index is 1.85. The molecule has 1 aliphatic rings. The van der Waals surface area contributed by atoms with E-state index in [9.17, 15) is 5.11 Å². The highest BCUT2D eigenvalue weighted by atomic mass is 32.1. The van der Waals surface area contributed by atoms with Gasteiger partial charge < -0.3 is 10.0 Å². The summed E-state index contributed by atoms with van der Waals surface area (Å²) >= 11 is 3.43. The quantitative estimate of drug-likeness (QED) is 0.912. The van der Waals surface area contributed by atoms with Crippen molar-refractivity contribution in [3.63, 3.8) is 0 Å². The molecule has 0 amide bonds. The number of rotatable bonds is 5. The summed E-state index contributed by atoms with van der Waals surface area (Å²) in [6.07, 6.45) is 2.09. The second kappa shape index (κ2) is 5.23. The van der Waals surface area contributed by atoms with Crippen LogP contribution >= 0.6 is 22.7 Å². The third-order valence-electron chi connectivity index (χ3n) is 3.34. The smallest absolute Gasteiger partial charge is 0.186 e. The lowest BCUT2D eigenvalue weighted by atomic mass is 10.3. The lowest BCUT2D eigenvalue weighted by Gasteiger charge is -2.20. The molecule has 2 aromatic heterocycles. The van der Waals surface area contributed by atoms with Gasteiger partial charge >= 0.3 is 0 Å². The van der Waals surface area contributed by atoms with Gasteiger partial charge in [-0.05, 0) is 38.1 Å². The van der Waals surface area contributed by atoms with Gasteiger partial charge in [0.1, 0.15) is 0 Å². The number of hydrogen-bond acceptors (Lipinski definition) is 5. The van der Waals surface area contributed by atoms with Crippen molar-refractivity contribution in [2.75, 3.05) is 4.90 Å². The molecule has 0 aliphatic heterocycles. The predicted octanol–water partition coefficient (Wildman–Crippen LogP) is 3.74. The van der Waals surface area contributed by atoms with Crippen LogP contribution in [-0.4, -0.2) is 16.1 Å². The largest absolute Gasteiger partial charge is 0.388 e. The third-order valence-corrected chi connectivity index (χ3v) is 5.57. The number of aromatic nitrogens is 1. The van der Waals surface area contributed by atoms with Crippen molar-refractivity contribution in [1.82, 2.24) is 4.98 Å². The maximum atomic E-state index is 9.76. The Morgan fingerprint density at radius 2 is 2.32 bits per heavy atom. The summed E-state index contributed by atoms with van der Waals surface area (Å²) < 4.78 is 0. The van der Waals surface area contributed by atoms with E-state index in [1.165, 1.54) is 17.7 Å². The van der Waals surface area contributed by atoms with Crippen molar-refractivity contribution < 1.29 is 5.11 Å². The lowest BCUT2D eigenvalue weighted by molar-refractivity contribution is 0.202. The maximum Gasteiger partial charge on any atom is 0.186 e. The third kappa shape index (κ3) is 2.83. The van der Waals surface area contributed by atoms with Gasteiger partial charge in [-0.1, -0.05) is 17.4 Å². The first-order chi connectivity index (χ1) is 9.15. The number of aliphatic hydroxyl groups is 1. The van der Waals surface area contributed by atoms with Gasteiger partial charge in [0.2, 0.25) is 0 Å². The zero-order valence-corrected chi connectivity index (χ0v) is 12.8. The highest BCUT2D eigenvalue weighted by Gasteiger charge is 2.32. The van der Waals surface area contributed by atoms with Crippen molar-refractivity contribution >= 4 is 27.8 Å². The molecule has 1 fully saturated rings. The van der Waals surface area contributed by atoms with E-state index in [-0.39, 0.29) is 0 Å². The zero-order chi connectivity index (χ0) is 13.4. The molecule has 1 saturated carbocycles. The molecular weight excluding hydrogens is 276 g/mol. The highest BCUT2D eigenvalue weighted by molar-refractivity contribution is 7.15. The molecular formula is C14H18N2OS2. The number of aryl methyl sites for hydroxylation is 1. The topological polar surface area (TPSA) is 36.4 Å². The minimum Gasteiger partial charge on any atom is -0.388 e. The molecule has 1 N–H and O–H groups in total. The van der Waals surface area contributed by atoms with Gasteiger partial charge in [-0.25, -0.2) is 4.98 Å². The highest BCUT2D eigenvalue weighted by Crippen LogP contribution is 2.38. The SMILES string of the molecule is Cc1nc(N(Cc2cccs2)C2CC2)sc1C(C)O. The number of thiazole rings is 1. The van der Waals surface area contributed by atoms with Crippen LogP contribution < -0.4 is 4.90 Å². The van der Waals surface area contributed by atoms with E-state index in [2.05, 4.69) is 27.4 Å². The normalized spacial score (nSPS) is 16.6. The second-order valence-electron chi connectivity index (χ2n) is 5.06. The van der Waals surface area contributed by atoms with E-state index in [0.29, 0.717) is 6.04 Å². The molecule has 0 saturated heterocycles. The maximum absolute atomic E-state index is 9.76.